The molecular weight excluding hydrogens is 271 g/mol. The molecule has 0 aliphatic carbocycles. The molecule has 0 bridgehead atoms. The summed E-state index contributed by atoms with van der Waals surface area (Å²) in [7, 11) is 2.04. The van der Waals surface area contributed by atoms with Gasteiger partial charge in [0.2, 0.25) is 0 Å². The van der Waals surface area contributed by atoms with Gasteiger partial charge in [-0.05, 0) is 37.4 Å². The zero-order valence-corrected chi connectivity index (χ0v) is 11.3. The number of nitrogens with one attached hydrogen (secondary N) is 1. The number of likely N-dealkylation sites (N-methyl/N-ethyl adjacent to an activating group) is 2. The van der Waals surface area contributed by atoms with Gasteiger partial charge in [-0.1, -0.05) is 22.9 Å². The first-order chi connectivity index (χ1) is 7.63. The SMILES string of the molecule is CCNCCN(C)Cc1cc(F)ccc1Br. The molecule has 1 aromatic rings. The van der Waals surface area contributed by atoms with Gasteiger partial charge in [-0.2, -0.15) is 0 Å². The normalized spacial score (nSPS) is 11.1. The van der Waals surface area contributed by atoms with Crippen LogP contribution in [0.1, 0.15) is 12.5 Å². The van der Waals surface area contributed by atoms with Crippen LogP contribution in [0.2, 0.25) is 0 Å². The van der Waals surface area contributed by atoms with E-state index in [0.717, 1.165) is 36.2 Å². The standard InChI is InChI=1S/C12H18BrFN2/c1-3-15-6-7-16(2)9-10-8-11(14)4-5-12(10)13/h4-5,8,15H,3,6-7,9H2,1-2H3. The molecule has 1 aromatic carbocycles. The van der Waals surface area contributed by atoms with Crippen molar-refractivity contribution >= 4 is 15.9 Å². The Kier molecular flexibility index (Phi) is 5.95. The van der Waals surface area contributed by atoms with E-state index < -0.39 is 0 Å². The van der Waals surface area contributed by atoms with E-state index in [1.165, 1.54) is 6.07 Å². The van der Waals surface area contributed by atoms with Crippen LogP contribution in [-0.2, 0) is 6.54 Å². The molecule has 0 atom stereocenters. The Bertz CT molecular complexity index is 331. The highest BCUT2D eigenvalue weighted by Crippen LogP contribution is 2.18. The maximum Gasteiger partial charge on any atom is 0.123 e. The lowest BCUT2D eigenvalue weighted by atomic mass is 10.2. The van der Waals surface area contributed by atoms with Crippen molar-refractivity contribution < 1.29 is 4.39 Å². The second kappa shape index (κ2) is 6.99. The molecule has 16 heavy (non-hydrogen) atoms. The van der Waals surface area contributed by atoms with Gasteiger partial charge >= 0.3 is 0 Å². The quantitative estimate of drug-likeness (QED) is 0.810. The lowest BCUT2D eigenvalue weighted by Crippen LogP contribution is -2.28. The molecule has 1 N–H and O–H groups in total. The molecule has 0 spiro atoms. The molecular formula is C12H18BrFN2. The largest absolute Gasteiger partial charge is 0.316 e. The van der Waals surface area contributed by atoms with Crippen molar-refractivity contribution in [3.63, 3.8) is 0 Å². The highest BCUT2D eigenvalue weighted by atomic mass is 79.9. The van der Waals surface area contributed by atoms with Crippen LogP contribution < -0.4 is 5.32 Å². The van der Waals surface area contributed by atoms with E-state index in [1.807, 2.05) is 7.05 Å². The van der Waals surface area contributed by atoms with Crippen molar-refractivity contribution in [2.45, 2.75) is 13.5 Å². The zero-order valence-electron chi connectivity index (χ0n) is 9.76. The number of benzene rings is 1. The summed E-state index contributed by atoms with van der Waals surface area (Å²) >= 11 is 3.43. The Morgan fingerprint density at radius 2 is 2.19 bits per heavy atom. The van der Waals surface area contributed by atoms with Crippen molar-refractivity contribution in [3.05, 3.63) is 34.1 Å². The first-order valence-electron chi connectivity index (χ1n) is 5.46. The molecule has 0 saturated carbocycles. The molecule has 0 aromatic heterocycles. The van der Waals surface area contributed by atoms with Crippen LogP contribution in [-0.4, -0.2) is 31.6 Å². The predicted molar refractivity (Wildman–Crippen MR) is 69.0 cm³/mol. The van der Waals surface area contributed by atoms with Crippen LogP contribution in [0.3, 0.4) is 0 Å². The van der Waals surface area contributed by atoms with Gasteiger partial charge in [0, 0.05) is 24.1 Å². The highest BCUT2D eigenvalue weighted by molar-refractivity contribution is 9.10. The van der Waals surface area contributed by atoms with Gasteiger partial charge < -0.3 is 10.2 Å². The zero-order chi connectivity index (χ0) is 12.0. The van der Waals surface area contributed by atoms with Crippen molar-refractivity contribution in [2.24, 2.45) is 0 Å². The van der Waals surface area contributed by atoms with Gasteiger partial charge in [0.05, 0.1) is 0 Å². The smallest absolute Gasteiger partial charge is 0.123 e. The van der Waals surface area contributed by atoms with Crippen molar-refractivity contribution in [3.8, 4) is 0 Å². The summed E-state index contributed by atoms with van der Waals surface area (Å²) in [6, 6.07) is 4.79. The predicted octanol–water partition coefficient (Wildman–Crippen LogP) is 2.63. The molecule has 0 radical (unpaired) electrons. The van der Waals surface area contributed by atoms with E-state index >= 15 is 0 Å². The van der Waals surface area contributed by atoms with Gasteiger partial charge in [0.1, 0.15) is 5.82 Å². The first-order valence-corrected chi connectivity index (χ1v) is 6.26. The van der Waals surface area contributed by atoms with E-state index in [9.17, 15) is 4.39 Å². The number of nitrogens with zero attached hydrogens (tertiary/aromatic N) is 1. The van der Waals surface area contributed by atoms with Gasteiger partial charge in [0.25, 0.3) is 0 Å². The third-order valence-electron chi connectivity index (χ3n) is 2.37. The fraction of sp³-hybridized carbons (Fsp3) is 0.500. The van der Waals surface area contributed by atoms with Crippen LogP contribution in [0.5, 0.6) is 0 Å². The first kappa shape index (κ1) is 13.6. The van der Waals surface area contributed by atoms with Crippen molar-refractivity contribution in [2.75, 3.05) is 26.7 Å². The average molecular weight is 289 g/mol. The second-order valence-electron chi connectivity index (χ2n) is 3.83. The van der Waals surface area contributed by atoms with E-state index in [0.29, 0.717) is 0 Å². The van der Waals surface area contributed by atoms with Crippen LogP contribution >= 0.6 is 15.9 Å². The fourth-order valence-corrected chi connectivity index (χ4v) is 1.85. The summed E-state index contributed by atoms with van der Waals surface area (Å²) < 4.78 is 14.0. The molecule has 0 unspecified atom stereocenters. The summed E-state index contributed by atoms with van der Waals surface area (Å²) in [5.74, 6) is -0.182. The fourth-order valence-electron chi connectivity index (χ4n) is 1.48. The number of hydrogen-bond donors (Lipinski definition) is 1. The lowest BCUT2D eigenvalue weighted by Gasteiger charge is -2.17. The molecule has 0 amide bonds. The van der Waals surface area contributed by atoms with Crippen LogP contribution in [0.25, 0.3) is 0 Å². The molecule has 0 aliphatic rings. The maximum atomic E-state index is 13.1. The number of hydrogen-bond acceptors (Lipinski definition) is 2. The van der Waals surface area contributed by atoms with Crippen LogP contribution in [0, 0.1) is 5.82 Å². The monoisotopic (exact) mass is 288 g/mol. The summed E-state index contributed by atoms with van der Waals surface area (Å²) in [6.45, 7) is 5.74. The molecule has 0 fully saturated rings. The third-order valence-corrected chi connectivity index (χ3v) is 3.14. The van der Waals surface area contributed by atoms with Crippen molar-refractivity contribution in [1.29, 1.82) is 0 Å². The van der Waals surface area contributed by atoms with Gasteiger partial charge in [0.15, 0.2) is 0 Å². The van der Waals surface area contributed by atoms with Crippen LogP contribution in [0.4, 0.5) is 4.39 Å². The number of rotatable bonds is 6. The van der Waals surface area contributed by atoms with E-state index in [4.69, 9.17) is 0 Å². The number of halogens is 2. The second-order valence-corrected chi connectivity index (χ2v) is 4.68. The molecule has 1 rings (SSSR count). The Morgan fingerprint density at radius 3 is 2.88 bits per heavy atom. The summed E-state index contributed by atoms with van der Waals surface area (Å²) in [5, 5.41) is 3.26. The van der Waals surface area contributed by atoms with Gasteiger partial charge in [-0.15, -0.1) is 0 Å². The lowest BCUT2D eigenvalue weighted by molar-refractivity contribution is 0.324. The summed E-state index contributed by atoms with van der Waals surface area (Å²) in [4.78, 5) is 2.17. The van der Waals surface area contributed by atoms with Gasteiger partial charge in [-0.25, -0.2) is 4.39 Å². The molecule has 90 valence electrons. The van der Waals surface area contributed by atoms with Crippen LogP contribution in [0.15, 0.2) is 22.7 Å². The topological polar surface area (TPSA) is 15.3 Å². The molecule has 0 heterocycles. The Balaban J connectivity index is 2.48. The third kappa shape index (κ3) is 4.60. The average Bonchev–Trinajstić information content (AvgIpc) is 2.24. The summed E-state index contributed by atoms with van der Waals surface area (Å²) in [6.07, 6.45) is 0. The minimum Gasteiger partial charge on any atom is -0.316 e. The Hall–Kier alpha value is -0.450. The molecule has 2 nitrogen and oxygen atoms in total. The van der Waals surface area contributed by atoms with E-state index in [2.05, 4.69) is 33.1 Å². The molecule has 4 heteroatoms. The Morgan fingerprint density at radius 1 is 1.44 bits per heavy atom. The molecule has 0 saturated heterocycles. The highest BCUT2D eigenvalue weighted by Gasteiger charge is 2.05. The Labute approximate surface area is 105 Å². The van der Waals surface area contributed by atoms with E-state index in [1.54, 1.807) is 12.1 Å². The summed E-state index contributed by atoms with van der Waals surface area (Å²) in [5.41, 5.74) is 0.985. The molecule has 0 aliphatic heterocycles. The maximum absolute atomic E-state index is 13.1. The van der Waals surface area contributed by atoms with E-state index in [-0.39, 0.29) is 5.82 Å². The minimum absolute atomic E-state index is 0.182. The van der Waals surface area contributed by atoms with Crippen molar-refractivity contribution in [1.82, 2.24) is 10.2 Å². The minimum atomic E-state index is -0.182. The van der Waals surface area contributed by atoms with Gasteiger partial charge in [-0.3, -0.25) is 0 Å².